The summed E-state index contributed by atoms with van der Waals surface area (Å²) in [6.45, 7) is 32.3. The van der Waals surface area contributed by atoms with Crippen LogP contribution in [0.15, 0.2) is 152 Å². The summed E-state index contributed by atoms with van der Waals surface area (Å²) in [5, 5.41) is 2.64. The minimum Gasteiger partial charge on any atom is -0.335 e. The predicted molar refractivity (Wildman–Crippen MR) is 351 cm³/mol. The Hall–Kier alpha value is -6.56. The Morgan fingerprint density at radius 1 is 0.457 bits per heavy atom. The van der Waals surface area contributed by atoms with E-state index in [0.29, 0.717) is 0 Å². The normalized spacial score (nSPS) is 22.2. The number of benzene rings is 8. The van der Waals surface area contributed by atoms with Gasteiger partial charge in [-0.1, -0.05) is 175 Å². The van der Waals surface area contributed by atoms with Crippen LogP contribution in [0.2, 0.25) is 0 Å². The minimum atomic E-state index is -0.103. The molecule has 0 N–H and O–H groups in total. The molecule has 0 saturated heterocycles. The van der Waals surface area contributed by atoms with E-state index in [1.54, 1.807) is 5.56 Å². The second-order valence-corrected chi connectivity index (χ2v) is 30.9. The van der Waals surface area contributed by atoms with Crippen molar-refractivity contribution in [2.24, 2.45) is 0 Å². The van der Waals surface area contributed by atoms with Gasteiger partial charge in [0.2, 0.25) is 0 Å². The maximum atomic E-state index is 2.91. The summed E-state index contributed by atoms with van der Waals surface area (Å²) in [7, 11) is 0. The SMILES string of the molecule is CC(C)(C)c1cc2c3c(c1)C1(C)CCCCC1(C)N3c1cc(-c3ccccc3)cc3c1B2c1ccc(N(c2ccc4c(c2)C(C)(C)CCC4(C)C)c2ccc4c(c2)C(C)(C)CCC4(C)C)cc1N3c1ccc2sc3ccccc3c2c1. The Balaban J connectivity index is 1.05. The van der Waals surface area contributed by atoms with Gasteiger partial charge in [0.1, 0.15) is 0 Å². The number of hydrogen-bond donors (Lipinski definition) is 0. The Morgan fingerprint density at radius 3 is 1.70 bits per heavy atom. The summed E-state index contributed by atoms with van der Waals surface area (Å²) >= 11 is 1.91. The quantitative estimate of drug-likeness (QED) is 0.159. The summed E-state index contributed by atoms with van der Waals surface area (Å²) < 4.78 is 2.66. The van der Waals surface area contributed by atoms with Gasteiger partial charge in [-0.05, 0) is 206 Å². The van der Waals surface area contributed by atoms with Crippen LogP contribution in [0.1, 0.15) is 175 Å². The highest BCUT2D eigenvalue weighted by Gasteiger charge is 2.62. The van der Waals surface area contributed by atoms with E-state index in [2.05, 4.69) is 256 Å². The second-order valence-electron chi connectivity index (χ2n) is 29.8. The molecule has 6 aliphatic rings. The molecule has 81 heavy (non-hydrogen) atoms. The highest BCUT2D eigenvalue weighted by molar-refractivity contribution is 7.25. The zero-order valence-electron chi connectivity index (χ0n) is 50.4. The first kappa shape index (κ1) is 51.3. The van der Waals surface area contributed by atoms with E-state index in [9.17, 15) is 0 Å². The lowest BCUT2D eigenvalue weighted by molar-refractivity contribution is 0.195. The number of nitrogens with zero attached hydrogens (tertiary/aromatic N) is 3. The van der Waals surface area contributed by atoms with Crippen molar-refractivity contribution in [2.45, 2.75) is 179 Å². The van der Waals surface area contributed by atoms with Crippen molar-refractivity contribution in [1.82, 2.24) is 0 Å². The average Bonchev–Trinajstić information content (AvgIpc) is 3.72. The molecule has 4 heterocycles. The van der Waals surface area contributed by atoms with Crippen molar-refractivity contribution < 1.29 is 0 Å². The van der Waals surface area contributed by atoms with E-state index in [1.807, 2.05) is 11.3 Å². The third kappa shape index (κ3) is 7.31. The number of thiophene rings is 1. The Morgan fingerprint density at radius 2 is 1.04 bits per heavy atom. The summed E-state index contributed by atoms with van der Waals surface area (Å²) in [6.07, 6.45) is 9.56. The number of anilines is 8. The lowest BCUT2D eigenvalue weighted by Gasteiger charge is -2.53. The summed E-state index contributed by atoms with van der Waals surface area (Å²) in [4.78, 5) is 8.26. The summed E-state index contributed by atoms with van der Waals surface area (Å²) in [5.74, 6) is 0. The molecule has 1 fully saturated rings. The molecule has 0 spiro atoms. The molecule has 0 bridgehead atoms. The summed E-state index contributed by atoms with van der Waals surface area (Å²) in [5.41, 5.74) is 26.1. The van der Waals surface area contributed by atoms with Gasteiger partial charge in [0.25, 0.3) is 6.71 Å². The maximum absolute atomic E-state index is 2.91. The molecule has 1 saturated carbocycles. The van der Waals surface area contributed by atoms with E-state index < -0.39 is 0 Å². The first-order valence-corrected chi connectivity index (χ1v) is 31.5. The monoisotopic (exact) mass is 1080 g/mol. The predicted octanol–water partition coefficient (Wildman–Crippen LogP) is 19.5. The van der Waals surface area contributed by atoms with Crippen molar-refractivity contribution in [3.63, 3.8) is 0 Å². The van der Waals surface area contributed by atoms with Crippen LogP contribution in [-0.2, 0) is 32.5 Å². The molecular weight excluding hydrogens is 998 g/mol. The van der Waals surface area contributed by atoms with Crippen molar-refractivity contribution in [3.8, 4) is 11.1 Å². The van der Waals surface area contributed by atoms with E-state index >= 15 is 0 Å². The molecule has 15 rings (SSSR count). The third-order valence-corrected chi connectivity index (χ3v) is 23.2. The van der Waals surface area contributed by atoms with Gasteiger partial charge in [0.15, 0.2) is 0 Å². The molecule has 2 atom stereocenters. The largest absolute Gasteiger partial charge is 0.335 e. The van der Waals surface area contributed by atoms with Crippen LogP contribution in [0, 0.1) is 0 Å². The van der Waals surface area contributed by atoms with Crippen LogP contribution in [0.4, 0.5) is 45.5 Å². The average molecular weight is 1080 g/mol. The van der Waals surface area contributed by atoms with E-state index in [1.165, 1.54) is 166 Å². The van der Waals surface area contributed by atoms with Gasteiger partial charge in [-0.2, -0.15) is 0 Å². The zero-order valence-corrected chi connectivity index (χ0v) is 51.2. The topological polar surface area (TPSA) is 9.72 Å². The second kappa shape index (κ2) is 17.0. The molecular formula is C76H80BN3S. The van der Waals surface area contributed by atoms with Crippen LogP contribution in [-0.4, -0.2) is 12.3 Å². The molecule has 5 heteroatoms. The minimum absolute atomic E-state index is 0.0116. The molecule has 0 amide bonds. The first-order chi connectivity index (χ1) is 38.5. The molecule has 408 valence electrons. The van der Waals surface area contributed by atoms with Gasteiger partial charge in [0, 0.05) is 71.1 Å². The van der Waals surface area contributed by atoms with Crippen molar-refractivity contribution in [1.29, 1.82) is 0 Å². The number of hydrogen-bond acceptors (Lipinski definition) is 4. The fourth-order valence-electron chi connectivity index (χ4n) is 16.7. The fraction of sp³-hybridized carbons (Fsp3) is 0.368. The molecule has 0 radical (unpaired) electrons. The third-order valence-electron chi connectivity index (χ3n) is 22.1. The van der Waals surface area contributed by atoms with E-state index in [4.69, 9.17) is 0 Å². The standard InChI is InChI=1S/C76H80BN3S/c1-70(2,3)49-41-60-69-62(42-49)77-61-31-27-53(78(51-25-29-56-58(44-51)73(8,9)37-35-71(56,4)5)52-26-30-57-59(45-52)74(10,11)38-36-72(57,6)7)46-63(61)79(50-28-32-67-55(43-50)54-23-17-18-24-66(54)81-67)64-39-48(47-21-15-14-16-22-47)40-65(68(64)77)80(69)76(13)34-20-19-33-75(60,76)12/h14-18,21-32,39-46H,19-20,33-38H2,1-13H3. The van der Waals surface area contributed by atoms with Crippen molar-refractivity contribution in [3.05, 3.63) is 185 Å². The molecule has 3 aliphatic carbocycles. The van der Waals surface area contributed by atoms with Gasteiger partial charge >= 0.3 is 0 Å². The highest BCUT2D eigenvalue weighted by Crippen LogP contribution is 2.63. The fourth-order valence-corrected chi connectivity index (χ4v) is 17.8. The van der Waals surface area contributed by atoms with Gasteiger partial charge in [0.05, 0.1) is 5.54 Å². The Kier molecular flexibility index (Phi) is 10.8. The van der Waals surface area contributed by atoms with E-state index in [0.717, 1.165) is 6.42 Å². The van der Waals surface area contributed by atoms with Gasteiger partial charge in [-0.3, -0.25) is 0 Å². The van der Waals surface area contributed by atoms with Gasteiger partial charge in [-0.15, -0.1) is 11.3 Å². The lowest BCUT2D eigenvalue weighted by Crippen LogP contribution is -2.64. The highest BCUT2D eigenvalue weighted by atomic mass is 32.1. The van der Waals surface area contributed by atoms with Crippen LogP contribution in [0.25, 0.3) is 31.3 Å². The lowest BCUT2D eigenvalue weighted by atomic mass is 9.33. The zero-order chi connectivity index (χ0) is 56.1. The molecule has 8 aromatic carbocycles. The maximum Gasteiger partial charge on any atom is 0.252 e. The van der Waals surface area contributed by atoms with Crippen LogP contribution < -0.4 is 31.1 Å². The van der Waals surface area contributed by atoms with E-state index in [-0.39, 0.29) is 44.7 Å². The van der Waals surface area contributed by atoms with Crippen molar-refractivity contribution >= 4 is 100 Å². The summed E-state index contributed by atoms with van der Waals surface area (Å²) in [6, 6.07) is 60.8. The Bertz CT molecular complexity index is 4050. The molecule has 1 aromatic heterocycles. The van der Waals surface area contributed by atoms with Crippen molar-refractivity contribution in [2.75, 3.05) is 14.7 Å². The first-order valence-electron chi connectivity index (χ1n) is 30.7. The molecule has 2 unspecified atom stereocenters. The molecule has 3 nitrogen and oxygen atoms in total. The number of fused-ring (bicyclic) bond motifs is 12. The molecule has 9 aromatic rings. The Labute approximate surface area is 487 Å². The van der Waals surface area contributed by atoms with Gasteiger partial charge < -0.3 is 14.7 Å². The number of rotatable bonds is 5. The van der Waals surface area contributed by atoms with Crippen LogP contribution in [0.5, 0.6) is 0 Å². The smallest absolute Gasteiger partial charge is 0.252 e. The van der Waals surface area contributed by atoms with Crippen LogP contribution in [0.3, 0.4) is 0 Å². The van der Waals surface area contributed by atoms with Crippen LogP contribution >= 0.6 is 11.3 Å². The molecule has 3 aliphatic heterocycles. The van der Waals surface area contributed by atoms with Gasteiger partial charge in [-0.25, -0.2) is 0 Å².